The van der Waals surface area contributed by atoms with E-state index in [1.54, 1.807) is 6.92 Å². The average molecular weight is 143 g/mol. The highest BCUT2D eigenvalue weighted by Crippen LogP contribution is 1.80. The monoisotopic (exact) mass is 143 g/mol. The molecule has 1 heterocycles. The third kappa shape index (κ3) is 1.74. The van der Waals surface area contributed by atoms with Crippen LogP contribution in [0.3, 0.4) is 0 Å². The Morgan fingerprint density at radius 2 is 2.50 bits per heavy atom. The maximum atomic E-state index is 4.79. The number of tetrazole rings is 1. The first-order valence-corrected chi connectivity index (χ1v) is 2.89. The molecular weight excluding hydrogens is 134 g/mol. The van der Waals surface area contributed by atoms with Crippen LogP contribution in [0.15, 0.2) is 0 Å². The maximum Gasteiger partial charge on any atom is 0.171 e. The number of hydrogen-bond acceptors (Lipinski definition) is 5. The van der Waals surface area contributed by atoms with Gasteiger partial charge in [0.05, 0.1) is 13.2 Å². The largest absolute Gasteiger partial charge is 0.303 e. The molecular formula is C4H9N5O. The summed E-state index contributed by atoms with van der Waals surface area (Å²) >= 11 is 0. The minimum absolute atomic E-state index is 0.399. The van der Waals surface area contributed by atoms with E-state index in [0.29, 0.717) is 19.0 Å². The van der Waals surface area contributed by atoms with Crippen LogP contribution in [-0.4, -0.2) is 26.8 Å². The SMILES string of the molecule is Cc1nnn(CCON)n1. The van der Waals surface area contributed by atoms with Crippen molar-refractivity contribution >= 4 is 0 Å². The number of aryl methyl sites for hydroxylation is 1. The Kier molecular flexibility index (Phi) is 2.30. The van der Waals surface area contributed by atoms with E-state index in [-0.39, 0.29) is 0 Å². The molecule has 0 unspecified atom stereocenters. The molecule has 0 bridgehead atoms. The number of rotatable bonds is 3. The third-order valence-electron chi connectivity index (χ3n) is 0.962. The van der Waals surface area contributed by atoms with Crippen LogP contribution in [0.25, 0.3) is 0 Å². The van der Waals surface area contributed by atoms with Crippen LogP contribution >= 0.6 is 0 Å². The molecule has 2 N–H and O–H groups in total. The predicted octanol–water partition coefficient (Wildman–Crippen LogP) is -1.13. The van der Waals surface area contributed by atoms with E-state index in [9.17, 15) is 0 Å². The number of aromatic nitrogens is 4. The Morgan fingerprint density at radius 1 is 1.70 bits per heavy atom. The highest BCUT2D eigenvalue weighted by Gasteiger charge is 1.94. The van der Waals surface area contributed by atoms with Crippen LogP contribution in [0, 0.1) is 6.92 Å². The first kappa shape index (κ1) is 7.10. The Bertz CT molecular complexity index is 197. The Morgan fingerprint density at radius 3 is 3.00 bits per heavy atom. The summed E-state index contributed by atoms with van der Waals surface area (Å²) in [6.45, 7) is 2.71. The molecule has 6 nitrogen and oxygen atoms in total. The van der Waals surface area contributed by atoms with Gasteiger partial charge in [0.15, 0.2) is 5.82 Å². The molecule has 0 aromatic carbocycles. The van der Waals surface area contributed by atoms with Gasteiger partial charge in [-0.2, -0.15) is 4.80 Å². The fraction of sp³-hybridized carbons (Fsp3) is 0.750. The molecule has 0 atom stereocenters. The molecule has 6 heteroatoms. The zero-order valence-corrected chi connectivity index (χ0v) is 5.69. The Balaban J connectivity index is 2.42. The molecule has 0 amide bonds. The van der Waals surface area contributed by atoms with Gasteiger partial charge < -0.3 is 4.84 Å². The zero-order chi connectivity index (χ0) is 7.40. The van der Waals surface area contributed by atoms with Crippen molar-refractivity contribution in [2.75, 3.05) is 6.61 Å². The minimum atomic E-state index is 0.399. The lowest BCUT2D eigenvalue weighted by Crippen LogP contribution is -2.11. The second-order valence-electron chi connectivity index (χ2n) is 1.80. The van der Waals surface area contributed by atoms with Crippen LogP contribution in [0.5, 0.6) is 0 Å². The van der Waals surface area contributed by atoms with E-state index in [0.717, 1.165) is 0 Å². The highest BCUT2D eigenvalue weighted by molar-refractivity contribution is 4.66. The maximum absolute atomic E-state index is 4.79. The molecule has 0 aliphatic heterocycles. The van der Waals surface area contributed by atoms with Crippen LogP contribution in [-0.2, 0) is 11.4 Å². The molecule has 0 saturated heterocycles. The Hall–Kier alpha value is -1.01. The lowest BCUT2D eigenvalue weighted by atomic mass is 10.7. The molecule has 1 aromatic rings. The summed E-state index contributed by atoms with van der Waals surface area (Å²) in [6, 6.07) is 0. The van der Waals surface area contributed by atoms with E-state index < -0.39 is 0 Å². The minimum Gasteiger partial charge on any atom is -0.303 e. The van der Waals surface area contributed by atoms with Crippen LogP contribution in [0.1, 0.15) is 5.82 Å². The van der Waals surface area contributed by atoms with Gasteiger partial charge in [0.25, 0.3) is 0 Å². The molecule has 56 valence electrons. The standard InChI is InChI=1S/C4H9N5O/c1-4-6-8-9(7-4)2-3-10-5/h2-3,5H2,1H3. The molecule has 0 aliphatic carbocycles. The first-order valence-electron chi connectivity index (χ1n) is 2.89. The molecule has 1 aromatic heterocycles. The zero-order valence-electron chi connectivity index (χ0n) is 5.69. The van der Waals surface area contributed by atoms with Gasteiger partial charge in [0.1, 0.15) is 0 Å². The molecule has 0 radical (unpaired) electrons. The molecule has 0 fully saturated rings. The van der Waals surface area contributed by atoms with E-state index in [1.807, 2.05) is 0 Å². The summed E-state index contributed by atoms with van der Waals surface area (Å²) < 4.78 is 0. The van der Waals surface area contributed by atoms with Crippen molar-refractivity contribution in [3.8, 4) is 0 Å². The quantitative estimate of drug-likeness (QED) is 0.542. The summed E-state index contributed by atoms with van der Waals surface area (Å²) in [4.78, 5) is 5.76. The smallest absolute Gasteiger partial charge is 0.171 e. The van der Waals surface area contributed by atoms with Gasteiger partial charge >= 0.3 is 0 Å². The van der Waals surface area contributed by atoms with Gasteiger partial charge in [0.2, 0.25) is 0 Å². The van der Waals surface area contributed by atoms with Crippen molar-refractivity contribution in [3.05, 3.63) is 5.82 Å². The molecule has 1 rings (SSSR count). The Labute approximate surface area is 57.9 Å². The number of nitrogens with two attached hydrogens (primary N) is 1. The van der Waals surface area contributed by atoms with E-state index >= 15 is 0 Å². The van der Waals surface area contributed by atoms with Gasteiger partial charge in [-0.15, -0.1) is 10.2 Å². The van der Waals surface area contributed by atoms with E-state index in [1.165, 1.54) is 4.80 Å². The predicted molar refractivity (Wildman–Crippen MR) is 32.7 cm³/mol. The second kappa shape index (κ2) is 3.23. The van der Waals surface area contributed by atoms with Crippen LogP contribution < -0.4 is 5.90 Å². The van der Waals surface area contributed by atoms with E-state index in [2.05, 4.69) is 20.2 Å². The van der Waals surface area contributed by atoms with Crippen molar-refractivity contribution in [2.24, 2.45) is 5.90 Å². The summed E-state index contributed by atoms with van der Waals surface area (Å²) in [5.74, 6) is 5.44. The summed E-state index contributed by atoms with van der Waals surface area (Å²) in [7, 11) is 0. The fourth-order valence-electron chi connectivity index (χ4n) is 0.552. The third-order valence-corrected chi connectivity index (χ3v) is 0.962. The van der Waals surface area contributed by atoms with Crippen molar-refractivity contribution in [1.29, 1.82) is 0 Å². The van der Waals surface area contributed by atoms with Crippen LogP contribution in [0.4, 0.5) is 0 Å². The molecule has 0 aliphatic rings. The van der Waals surface area contributed by atoms with Gasteiger partial charge in [-0.1, -0.05) is 0 Å². The van der Waals surface area contributed by atoms with Gasteiger partial charge in [0, 0.05) is 0 Å². The topological polar surface area (TPSA) is 78.8 Å². The van der Waals surface area contributed by atoms with Gasteiger partial charge in [-0.25, -0.2) is 5.90 Å². The number of hydrogen-bond donors (Lipinski definition) is 1. The molecule has 0 spiro atoms. The lowest BCUT2D eigenvalue weighted by Gasteiger charge is -1.93. The summed E-state index contributed by atoms with van der Waals surface area (Å²) in [6.07, 6.45) is 0. The summed E-state index contributed by atoms with van der Waals surface area (Å²) in [5.41, 5.74) is 0. The molecule has 0 saturated carbocycles. The first-order chi connectivity index (χ1) is 4.83. The van der Waals surface area contributed by atoms with Crippen molar-refractivity contribution < 1.29 is 4.84 Å². The van der Waals surface area contributed by atoms with Gasteiger partial charge in [-0.05, 0) is 12.1 Å². The second-order valence-corrected chi connectivity index (χ2v) is 1.80. The van der Waals surface area contributed by atoms with Gasteiger partial charge in [-0.3, -0.25) is 0 Å². The summed E-state index contributed by atoms with van der Waals surface area (Å²) in [5, 5.41) is 11.3. The number of nitrogens with zero attached hydrogens (tertiary/aromatic N) is 4. The van der Waals surface area contributed by atoms with Crippen molar-refractivity contribution in [1.82, 2.24) is 20.2 Å². The van der Waals surface area contributed by atoms with Crippen molar-refractivity contribution in [3.63, 3.8) is 0 Å². The highest BCUT2D eigenvalue weighted by atomic mass is 16.6. The molecule has 10 heavy (non-hydrogen) atoms. The average Bonchev–Trinajstić information content (AvgIpc) is 2.31. The van der Waals surface area contributed by atoms with Crippen molar-refractivity contribution in [2.45, 2.75) is 13.5 Å². The van der Waals surface area contributed by atoms with Crippen LogP contribution in [0.2, 0.25) is 0 Å². The fourth-order valence-corrected chi connectivity index (χ4v) is 0.552. The normalized spacial score (nSPS) is 10.2. The van der Waals surface area contributed by atoms with E-state index in [4.69, 9.17) is 5.90 Å². The lowest BCUT2D eigenvalue weighted by molar-refractivity contribution is 0.123.